The van der Waals surface area contributed by atoms with Gasteiger partial charge in [0.1, 0.15) is 0 Å². The maximum Gasteiger partial charge on any atom is 0.236 e. The monoisotopic (exact) mass is 276 g/mol. The Bertz CT molecular complexity index is 413. The Kier molecular flexibility index (Phi) is 5.49. The number of amides is 1. The minimum absolute atomic E-state index is 0.210. The van der Waals surface area contributed by atoms with E-state index >= 15 is 0 Å². The van der Waals surface area contributed by atoms with Crippen LogP contribution in [0.5, 0.6) is 0 Å². The molecule has 2 heterocycles. The van der Waals surface area contributed by atoms with Gasteiger partial charge < -0.3 is 10.2 Å². The zero-order valence-corrected chi connectivity index (χ0v) is 12.4. The number of hydrogen-bond donors (Lipinski definition) is 1. The van der Waals surface area contributed by atoms with Crippen molar-refractivity contribution in [2.75, 3.05) is 32.7 Å². The van der Waals surface area contributed by atoms with Crippen LogP contribution in [0.25, 0.3) is 0 Å². The molecule has 1 aliphatic heterocycles. The van der Waals surface area contributed by atoms with Crippen LogP contribution in [0.2, 0.25) is 0 Å². The lowest BCUT2D eigenvalue weighted by Gasteiger charge is -2.35. The van der Waals surface area contributed by atoms with Gasteiger partial charge >= 0.3 is 0 Å². The number of carbonyl (C=O) groups excluding carboxylic acids is 1. The van der Waals surface area contributed by atoms with Gasteiger partial charge in [-0.15, -0.1) is 0 Å². The predicted octanol–water partition coefficient (Wildman–Crippen LogP) is 0.724. The molecule has 110 valence electrons. The van der Waals surface area contributed by atoms with Crippen LogP contribution in [-0.2, 0) is 11.3 Å². The number of piperazine rings is 1. The van der Waals surface area contributed by atoms with Gasteiger partial charge in [-0.1, -0.05) is 13.8 Å². The topological polar surface area (TPSA) is 48.5 Å². The van der Waals surface area contributed by atoms with Crippen molar-refractivity contribution in [3.8, 4) is 0 Å². The first-order valence-corrected chi connectivity index (χ1v) is 7.27. The summed E-state index contributed by atoms with van der Waals surface area (Å²) in [6, 6.07) is 4.45. The molecule has 1 fully saturated rings. The summed E-state index contributed by atoms with van der Waals surface area (Å²) in [4.78, 5) is 20.4. The summed E-state index contributed by atoms with van der Waals surface area (Å²) in [5.41, 5.74) is 1.28. The van der Waals surface area contributed by atoms with Crippen LogP contribution in [0.3, 0.4) is 0 Å². The van der Waals surface area contributed by atoms with E-state index < -0.39 is 0 Å². The second kappa shape index (κ2) is 7.36. The SMILES string of the molecule is CC(C)NCC(=O)N1CCN(Cc2ccncc2)CC1. The van der Waals surface area contributed by atoms with Gasteiger partial charge in [-0.3, -0.25) is 14.7 Å². The number of hydrogen-bond acceptors (Lipinski definition) is 4. The van der Waals surface area contributed by atoms with Gasteiger partial charge in [-0.25, -0.2) is 0 Å². The van der Waals surface area contributed by atoms with Gasteiger partial charge in [0.2, 0.25) is 5.91 Å². The molecule has 0 aliphatic carbocycles. The molecule has 2 rings (SSSR count). The smallest absolute Gasteiger partial charge is 0.236 e. The fourth-order valence-electron chi connectivity index (χ4n) is 2.31. The quantitative estimate of drug-likeness (QED) is 0.861. The molecule has 1 aromatic rings. The molecule has 0 unspecified atom stereocenters. The van der Waals surface area contributed by atoms with Gasteiger partial charge in [0.15, 0.2) is 0 Å². The van der Waals surface area contributed by atoms with E-state index in [4.69, 9.17) is 0 Å². The molecule has 1 aliphatic rings. The number of nitrogens with one attached hydrogen (secondary N) is 1. The molecule has 1 saturated heterocycles. The molecule has 20 heavy (non-hydrogen) atoms. The second-order valence-electron chi connectivity index (χ2n) is 5.55. The highest BCUT2D eigenvalue weighted by atomic mass is 16.2. The summed E-state index contributed by atoms with van der Waals surface area (Å²) in [6.07, 6.45) is 3.65. The first-order valence-electron chi connectivity index (χ1n) is 7.27. The van der Waals surface area contributed by atoms with Crippen molar-refractivity contribution < 1.29 is 4.79 Å². The average Bonchev–Trinajstić information content (AvgIpc) is 2.46. The van der Waals surface area contributed by atoms with E-state index in [2.05, 4.69) is 29.0 Å². The van der Waals surface area contributed by atoms with Gasteiger partial charge in [-0.2, -0.15) is 0 Å². The molecule has 0 bridgehead atoms. The summed E-state index contributed by atoms with van der Waals surface area (Å²) in [7, 11) is 0. The predicted molar refractivity (Wildman–Crippen MR) is 79.2 cm³/mol. The minimum atomic E-state index is 0.210. The summed E-state index contributed by atoms with van der Waals surface area (Å²) in [6.45, 7) is 9.02. The van der Waals surface area contributed by atoms with Crippen molar-refractivity contribution in [2.24, 2.45) is 0 Å². The minimum Gasteiger partial charge on any atom is -0.339 e. The van der Waals surface area contributed by atoms with Gasteiger partial charge in [-0.05, 0) is 17.7 Å². The van der Waals surface area contributed by atoms with Crippen molar-refractivity contribution in [3.05, 3.63) is 30.1 Å². The number of aromatic nitrogens is 1. The Balaban J connectivity index is 1.73. The lowest BCUT2D eigenvalue weighted by molar-refractivity contribution is -0.132. The zero-order valence-electron chi connectivity index (χ0n) is 12.4. The van der Waals surface area contributed by atoms with Gasteiger partial charge in [0.25, 0.3) is 0 Å². The molecule has 0 atom stereocenters. The summed E-state index contributed by atoms with van der Waals surface area (Å²) in [5.74, 6) is 0.210. The number of pyridine rings is 1. The number of rotatable bonds is 5. The van der Waals surface area contributed by atoms with E-state index in [1.54, 1.807) is 0 Å². The number of carbonyl (C=O) groups is 1. The van der Waals surface area contributed by atoms with E-state index in [-0.39, 0.29) is 5.91 Å². The molecule has 1 amide bonds. The van der Waals surface area contributed by atoms with E-state index in [0.29, 0.717) is 12.6 Å². The average molecular weight is 276 g/mol. The molecule has 0 aromatic carbocycles. The summed E-state index contributed by atoms with van der Waals surface area (Å²) >= 11 is 0. The highest BCUT2D eigenvalue weighted by Gasteiger charge is 2.20. The summed E-state index contributed by atoms with van der Waals surface area (Å²) in [5, 5.41) is 3.18. The van der Waals surface area contributed by atoms with Crippen LogP contribution in [0, 0.1) is 0 Å². The maximum absolute atomic E-state index is 12.0. The van der Waals surface area contributed by atoms with Crippen molar-refractivity contribution in [3.63, 3.8) is 0 Å². The van der Waals surface area contributed by atoms with E-state index in [9.17, 15) is 4.79 Å². The van der Waals surface area contributed by atoms with Crippen molar-refractivity contribution in [1.82, 2.24) is 20.1 Å². The highest BCUT2D eigenvalue weighted by molar-refractivity contribution is 5.78. The highest BCUT2D eigenvalue weighted by Crippen LogP contribution is 2.07. The number of nitrogens with zero attached hydrogens (tertiary/aromatic N) is 3. The van der Waals surface area contributed by atoms with Crippen molar-refractivity contribution in [2.45, 2.75) is 26.4 Å². The molecule has 1 aromatic heterocycles. The molecule has 0 spiro atoms. The van der Waals surface area contributed by atoms with Gasteiger partial charge in [0.05, 0.1) is 6.54 Å². The van der Waals surface area contributed by atoms with Crippen molar-refractivity contribution in [1.29, 1.82) is 0 Å². The Hall–Kier alpha value is -1.46. The third-order valence-electron chi connectivity index (χ3n) is 3.54. The molecule has 5 nitrogen and oxygen atoms in total. The molecular weight excluding hydrogens is 252 g/mol. The van der Waals surface area contributed by atoms with Crippen LogP contribution >= 0.6 is 0 Å². The van der Waals surface area contributed by atoms with Crippen LogP contribution in [0.4, 0.5) is 0 Å². The van der Waals surface area contributed by atoms with Crippen LogP contribution < -0.4 is 5.32 Å². The molecule has 0 radical (unpaired) electrons. The third kappa shape index (κ3) is 4.58. The first-order chi connectivity index (χ1) is 9.65. The van der Waals surface area contributed by atoms with Crippen LogP contribution in [0.15, 0.2) is 24.5 Å². The van der Waals surface area contributed by atoms with Crippen LogP contribution in [-0.4, -0.2) is 59.5 Å². The Labute approximate surface area is 121 Å². The summed E-state index contributed by atoms with van der Waals surface area (Å²) < 4.78 is 0. The zero-order chi connectivity index (χ0) is 14.4. The molecule has 0 saturated carbocycles. The lowest BCUT2D eigenvalue weighted by Crippen LogP contribution is -2.50. The molecular formula is C15H24N4O. The second-order valence-corrected chi connectivity index (χ2v) is 5.55. The fourth-order valence-corrected chi connectivity index (χ4v) is 2.31. The van der Waals surface area contributed by atoms with Crippen molar-refractivity contribution >= 4 is 5.91 Å². The fraction of sp³-hybridized carbons (Fsp3) is 0.600. The Morgan fingerprint density at radius 3 is 2.50 bits per heavy atom. The lowest BCUT2D eigenvalue weighted by atomic mass is 10.2. The largest absolute Gasteiger partial charge is 0.339 e. The third-order valence-corrected chi connectivity index (χ3v) is 3.54. The van der Waals surface area contributed by atoms with Gasteiger partial charge in [0, 0.05) is 51.2 Å². The van der Waals surface area contributed by atoms with Crippen LogP contribution in [0.1, 0.15) is 19.4 Å². The maximum atomic E-state index is 12.0. The normalized spacial score (nSPS) is 16.6. The molecule has 5 heteroatoms. The Morgan fingerprint density at radius 2 is 1.90 bits per heavy atom. The Morgan fingerprint density at radius 1 is 1.25 bits per heavy atom. The van der Waals surface area contributed by atoms with E-state index in [1.807, 2.05) is 29.4 Å². The first kappa shape index (κ1) is 14.9. The molecule has 1 N–H and O–H groups in total. The van der Waals surface area contributed by atoms with E-state index in [0.717, 1.165) is 32.7 Å². The standard InChI is InChI=1S/C15H24N4O/c1-13(2)17-11-15(20)19-9-7-18(8-10-19)12-14-3-5-16-6-4-14/h3-6,13,17H,7-12H2,1-2H3. The van der Waals surface area contributed by atoms with E-state index in [1.165, 1.54) is 5.56 Å².